The molecule has 0 amide bonds. The molecule has 0 bridgehead atoms. The maximum absolute atomic E-state index is 9.61. The Hall–Kier alpha value is -2.16. The molecule has 3 N–H and O–H groups in total. The largest absolute Gasteiger partial charge is 0.508 e. The molecule has 0 aliphatic rings. The maximum atomic E-state index is 9.61. The van der Waals surface area contributed by atoms with Crippen molar-refractivity contribution in [3.63, 3.8) is 0 Å². The molecular weight excluding hydrogens is 214 g/mol. The molecule has 17 heavy (non-hydrogen) atoms. The van der Waals surface area contributed by atoms with Crippen molar-refractivity contribution in [2.75, 3.05) is 5.32 Å². The smallest absolute Gasteiger partial charge is 0.120 e. The molecular formula is C14H15NO2. The third kappa shape index (κ3) is 2.91. The zero-order valence-electron chi connectivity index (χ0n) is 9.64. The molecule has 0 saturated heterocycles. The van der Waals surface area contributed by atoms with Gasteiger partial charge < -0.3 is 15.5 Å². The number of rotatable bonds is 3. The van der Waals surface area contributed by atoms with E-state index in [1.54, 1.807) is 6.07 Å². The number of phenolic OH excluding ortho intramolecular Hbond substituents is 2. The number of hydrogen-bond acceptors (Lipinski definition) is 3. The molecule has 2 rings (SSSR count). The third-order valence-electron chi connectivity index (χ3n) is 2.60. The number of aromatic hydroxyl groups is 2. The summed E-state index contributed by atoms with van der Waals surface area (Å²) >= 11 is 0. The Morgan fingerprint density at radius 3 is 2.41 bits per heavy atom. The maximum Gasteiger partial charge on any atom is 0.120 e. The number of aryl methyl sites for hydroxylation is 1. The summed E-state index contributed by atoms with van der Waals surface area (Å²) in [5.41, 5.74) is 2.86. The zero-order valence-corrected chi connectivity index (χ0v) is 9.64. The molecule has 0 aliphatic heterocycles. The van der Waals surface area contributed by atoms with Gasteiger partial charge in [-0.15, -0.1) is 0 Å². The van der Waals surface area contributed by atoms with Gasteiger partial charge in [-0.05, 0) is 37.3 Å². The van der Waals surface area contributed by atoms with Crippen molar-refractivity contribution < 1.29 is 10.2 Å². The van der Waals surface area contributed by atoms with Crippen LogP contribution in [-0.2, 0) is 6.54 Å². The normalized spacial score (nSPS) is 10.2. The van der Waals surface area contributed by atoms with E-state index in [1.807, 2.05) is 31.2 Å². The van der Waals surface area contributed by atoms with E-state index in [9.17, 15) is 10.2 Å². The predicted molar refractivity (Wildman–Crippen MR) is 68.3 cm³/mol. The van der Waals surface area contributed by atoms with Crippen LogP contribution in [0.5, 0.6) is 11.5 Å². The highest BCUT2D eigenvalue weighted by Crippen LogP contribution is 2.23. The van der Waals surface area contributed by atoms with Crippen LogP contribution >= 0.6 is 0 Å². The van der Waals surface area contributed by atoms with Gasteiger partial charge in [0.2, 0.25) is 0 Å². The van der Waals surface area contributed by atoms with Crippen LogP contribution in [0.2, 0.25) is 0 Å². The standard InChI is InChI=1S/C14H15NO2/c1-10-2-4-12(5-3-10)15-9-11-8-13(16)6-7-14(11)17/h2-8,15-17H,9H2,1H3. The Bertz CT molecular complexity index is 506. The Balaban J connectivity index is 2.07. The van der Waals surface area contributed by atoms with Gasteiger partial charge >= 0.3 is 0 Å². The third-order valence-corrected chi connectivity index (χ3v) is 2.60. The van der Waals surface area contributed by atoms with Gasteiger partial charge in [-0.3, -0.25) is 0 Å². The van der Waals surface area contributed by atoms with Crippen LogP contribution in [0.4, 0.5) is 5.69 Å². The second-order valence-corrected chi connectivity index (χ2v) is 4.03. The van der Waals surface area contributed by atoms with Crippen LogP contribution in [0, 0.1) is 6.92 Å². The van der Waals surface area contributed by atoms with Crippen LogP contribution in [-0.4, -0.2) is 10.2 Å². The van der Waals surface area contributed by atoms with Crippen molar-refractivity contribution >= 4 is 5.69 Å². The van der Waals surface area contributed by atoms with Crippen molar-refractivity contribution in [3.05, 3.63) is 53.6 Å². The van der Waals surface area contributed by atoms with Crippen molar-refractivity contribution in [2.45, 2.75) is 13.5 Å². The van der Waals surface area contributed by atoms with E-state index in [0.717, 1.165) is 5.69 Å². The first kappa shape index (κ1) is 11.3. The molecule has 0 spiro atoms. The van der Waals surface area contributed by atoms with Gasteiger partial charge in [0.05, 0.1) is 0 Å². The van der Waals surface area contributed by atoms with E-state index in [1.165, 1.54) is 17.7 Å². The van der Waals surface area contributed by atoms with Gasteiger partial charge in [0.15, 0.2) is 0 Å². The van der Waals surface area contributed by atoms with Crippen LogP contribution in [0.15, 0.2) is 42.5 Å². The summed E-state index contributed by atoms with van der Waals surface area (Å²) in [6, 6.07) is 12.5. The first-order chi connectivity index (χ1) is 8.15. The lowest BCUT2D eigenvalue weighted by Gasteiger charge is -2.08. The number of nitrogens with one attached hydrogen (secondary N) is 1. The fraction of sp³-hybridized carbons (Fsp3) is 0.143. The van der Waals surface area contributed by atoms with E-state index in [2.05, 4.69) is 5.32 Å². The van der Waals surface area contributed by atoms with Crippen LogP contribution in [0.1, 0.15) is 11.1 Å². The Morgan fingerprint density at radius 1 is 1.00 bits per heavy atom. The number of benzene rings is 2. The summed E-state index contributed by atoms with van der Waals surface area (Å²) in [4.78, 5) is 0. The lowest BCUT2D eigenvalue weighted by atomic mass is 10.1. The highest BCUT2D eigenvalue weighted by molar-refractivity contribution is 5.47. The van der Waals surface area contributed by atoms with Crippen LogP contribution in [0.25, 0.3) is 0 Å². The Kier molecular flexibility index (Phi) is 3.19. The van der Waals surface area contributed by atoms with Gasteiger partial charge in [-0.2, -0.15) is 0 Å². The molecule has 0 saturated carbocycles. The molecule has 0 aliphatic carbocycles. The highest BCUT2D eigenvalue weighted by Gasteiger charge is 2.02. The van der Waals surface area contributed by atoms with Gasteiger partial charge in [0, 0.05) is 17.8 Å². The quantitative estimate of drug-likeness (QED) is 0.709. The molecule has 0 heterocycles. The van der Waals surface area contributed by atoms with Crippen molar-refractivity contribution in [1.29, 1.82) is 0 Å². The lowest BCUT2D eigenvalue weighted by Crippen LogP contribution is -1.99. The molecule has 2 aromatic rings. The van der Waals surface area contributed by atoms with E-state index < -0.39 is 0 Å². The van der Waals surface area contributed by atoms with Crippen molar-refractivity contribution in [1.82, 2.24) is 0 Å². The fourth-order valence-corrected chi connectivity index (χ4v) is 1.58. The minimum Gasteiger partial charge on any atom is -0.508 e. The van der Waals surface area contributed by atoms with Crippen LogP contribution < -0.4 is 5.32 Å². The summed E-state index contributed by atoms with van der Waals surface area (Å²) in [5, 5.41) is 22.1. The molecule has 88 valence electrons. The Labute approximate surface area is 100 Å². The SMILES string of the molecule is Cc1ccc(NCc2cc(O)ccc2O)cc1. The minimum atomic E-state index is 0.156. The summed E-state index contributed by atoms with van der Waals surface area (Å²) in [6.45, 7) is 2.51. The van der Waals surface area contributed by atoms with E-state index in [-0.39, 0.29) is 11.5 Å². The minimum absolute atomic E-state index is 0.156. The number of phenols is 2. The molecule has 3 heteroatoms. The molecule has 0 radical (unpaired) electrons. The fourth-order valence-electron chi connectivity index (χ4n) is 1.58. The van der Waals surface area contributed by atoms with E-state index in [0.29, 0.717) is 12.1 Å². The lowest BCUT2D eigenvalue weighted by molar-refractivity contribution is 0.455. The first-order valence-electron chi connectivity index (χ1n) is 5.46. The molecule has 0 aromatic heterocycles. The van der Waals surface area contributed by atoms with Crippen molar-refractivity contribution in [3.8, 4) is 11.5 Å². The molecule has 0 unspecified atom stereocenters. The zero-order chi connectivity index (χ0) is 12.3. The summed E-state index contributed by atoms with van der Waals surface area (Å²) in [6.07, 6.45) is 0. The van der Waals surface area contributed by atoms with Gasteiger partial charge in [-0.25, -0.2) is 0 Å². The summed E-state index contributed by atoms with van der Waals surface area (Å²) < 4.78 is 0. The number of anilines is 1. The molecule has 0 atom stereocenters. The Morgan fingerprint density at radius 2 is 1.71 bits per heavy atom. The topological polar surface area (TPSA) is 52.5 Å². The summed E-state index contributed by atoms with van der Waals surface area (Å²) in [7, 11) is 0. The first-order valence-corrected chi connectivity index (χ1v) is 5.46. The van der Waals surface area contributed by atoms with E-state index >= 15 is 0 Å². The van der Waals surface area contributed by atoms with Crippen LogP contribution in [0.3, 0.4) is 0 Å². The molecule has 2 aromatic carbocycles. The van der Waals surface area contributed by atoms with E-state index in [4.69, 9.17) is 0 Å². The number of hydrogen-bond donors (Lipinski definition) is 3. The second-order valence-electron chi connectivity index (χ2n) is 4.03. The molecule has 0 fully saturated rings. The monoisotopic (exact) mass is 229 g/mol. The molecule has 3 nitrogen and oxygen atoms in total. The second kappa shape index (κ2) is 4.78. The van der Waals surface area contributed by atoms with Gasteiger partial charge in [0.1, 0.15) is 11.5 Å². The van der Waals surface area contributed by atoms with Crippen molar-refractivity contribution in [2.24, 2.45) is 0 Å². The van der Waals surface area contributed by atoms with Gasteiger partial charge in [0.25, 0.3) is 0 Å². The summed E-state index contributed by atoms with van der Waals surface area (Å²) in [5.74, 6) is 0.339. The van der Waals surface area contributed by atoms with Gasteiger partial charge in [-0.1, -0.05) is 17.7 Å². The average molecular weight is 229 g/mol. The predicted octanol–water partition coefficient (Wildman–Crippen LogP) is 3.02. The highest BCUT2D eigenvalue weighted by atomic mass is 16.3. The average Bonchev–Trinajstić information content (AvgIpc) is 2.32.